The van der Waals surface area contributed by atoms with Gasteiger partial charge in [0.05, 0.1) is 0 Å². The van der Waals surface area contributed by atoms with Gasteiger partial charge in [-0.15, -0.1) is 0 Å². The number of likely N-dealkylation sites (tertiary alicyclic amines) is 1. The van der Waals surface area contributed by atoms with Gasteiger partial charge in [-0.05, 0) is 57.8 Å². The summed E-state index contributed by atoms with van der Waals surface area (Å²) in [6, 6.07) is 0. The van der Waals surface area contributed by atoms with E-state index < -0.39 is 6.17 Å². The van der Waals surface area contributed by atoms with Crippen LogP contribution in [0.25, 0.3) is 0 Å². The predicted molar refractivity (Wildman–Crippen MR) is 56.1 cm³/mol. The molecule has 0 saturated carbocycles. The second-order valence-corrected chi connectivity index (χ2v) is 4.81. The van der Waals surface area contributed by atoms with Crippen molar-refractivity contribution in [2.75, 3.05) is 33.2 Å². The summed E-state index contributed by atoms with van der Waals surface area (Å²) < 4.78 is 13.7. The number of nitrogens with zero attached hydrogens (tertiary/aromatic N) is 1. The maximum absolute atomic E-state index is 13.7. The summed E-state index contributed by atoms with van der Waals surface area (Å²) in [5.74, 6) is 0.980. The molecule has 2 heterocycles. The maximum Gasteiger partial charge on any atom is 0.116 e. The molecule has 2 rings (SSSR count). The highest BCUT2D eigenvalue weighted by atomic mass is 19.1. The summed E-state index contributed by atoms with van der Waals surface area (Å²) in [6.45, 7) is 3.90. The monoisotopic (exact) mass is 200 g/mol. The fraction of sp³-hybridized carbons (Fsp3) is 1.00. The fourth-order valence-corrected chi connectivity index (χ4v) is 2.83. The molecule has 82 valence electrons. The van der Waals surface area contributed by atoms with Crippen LogP contribution >= 0.6 is 0 Å². The molecule has 2 unspecified atom stereocenters. The van der Waals surface area contributed by atoms with E-state index in [1.807, 2.05) is 0 Å². The predicted octanol–water partition coefficient (Wildman–Crippen LogP) is 1.28. The molecule has 0 bridgehead atoms. The number of halogens is 1. The summed E-state index contributed by atoms with van der Waals surface area (Å²) in [7, 11) is 2.16. The van der Waals surface area contributed by atoms with Crippen LogP contribution in [-0.2, 0) is 0 Å². The summed E-state index contributed by atoms with van der Waals surface area (Å²) in [4.78, 5) is 2.35. The van der Waals surface area contributed by atoms with Crippen molar-refractivity contribution in [3.8, 4) is 0 Å². The maximum atomic E-state index is 13.7. The lowest BCUT2D eigenvalue weighted by Crippen LogP contribution is -2.44. The quantitative estimate of drug-likeness (QED) is 0.686. The molecule has 2 aliphatic rings. The summed E-state index contributed by atoms with van der Waals surface area (Å²) in [6.07, 6.45) is 2.83. The molecular formula is C11H21FN2. The van der Waals surface area contributed by atoms with Crippen LogP contribution in [0.2, 0.25) is 0 Å². The molecule has 2 saturated heterocycles. The third kappa shape index (κ3) is 2.26. The molecule has 1 N–H and O–H groups in total. The van der Waals surface area contributed by atoms with Crippen molar-refractivity contribution in [1.82, 2.24) is 10.2 Å². The van der Waals surface area contributed by atoms with Crippen LogP contribution in [0.4, 0.5) is 4.39 Å². The highest BCUT2D eigenvalue weighted by Crippen LogP contribution is 2.31. The van der Waals surface area contributed by atoms with E-state index in [0.29, 0.717) is 18.4 Å². The Morgan fingerprint density at radius 1 is 1.21 bits per heavy atom. The third-order valence-corrected chi connectivity index (χ3v) is 3.83. The molecule has 2 aliphatic heterocycles. The second kappa shape index (κ2) is 4.58. The molecule has 2 fully saturated rings. The Kier molecular flexibility index (Phi) is 3.39. The van der Waals surface area contributed by atoms with Crippen LogP contribution < -0.4 is 5.32 Å². The number of hydrogen-bond acceptors (Lipinski definition) is 2. The number of hydrogen-bond donors (Lipinski definition) is 1. The van der Waals surface area contributed by atoms with E-state index in [1.165, 1.54) is 12.8 Å². The first-order valence-corrected chi connectivity index (χ1v) is 5.80. The van der Waals surface area contributed by atoms with Crippen molar-refractivity contribution < 1.29 is 4.39 Å². The molecule has 0 spiro atoms. The SMILES string of the molecule is CN1CCC(C2CCNCC2F)CC1. The molecule has 3 heteroatoms. The standard InChI is InChI=1S/C11H21FN2/c1-14-6-3-9(4-7-14)10-2-5-13-8-11(10)12/h9-11,13H,2-8H2,1H3. The minimum Gasteiger partial charge on any atom is -0.314 e. The smallest absolute Gasteiger partial charge is 0.116 e. The molecule has 2 atom stereocenters. The lowest BCUT2D eigenvalue weighted by atomic mass is 9.78. The molecule has 0 aromatic carbocycles. The van der Waals surface area contributed by atoms with Gasteiger partial charge in [0.15, 0.2) is 0 Å². The van der Waals surface area contributed by atoms with Gasteiger partial charge in [-0.2, -0.15) is 0 Å². The van der Waals surface area contributed by atoms with Crippen LogP contribution in [-0.4, -0.2) is 44.3 Å². The largest absolute Gasteiger partial charge is 0.314 e. The number of alkyl halides is 1. The highest BCUT2D eigenvalue weighted by Gasteiger charge is 2.33. The van der Waals surface area contributed by atoms with E-state index in [0.717, 1.165) is 26.1 Å². The van der Waals surface area contributed by atoms with E-state index in [1.54, 1.807) is 0 Å². The molecule has 14 heavy (non-hydrogen) atoms. The van der Waals surface area contributed by atoms with Crippen LogP contribution in [0.1, 0.15) is 19.3 Å². The van der Waals surface area contributed by atoms with E-state index in [2.05, 4.69) is 17.3 Å². The van der Waals surface area contributed by atoms with Gasteiger partial charge in [0.25, 0.3) is 0 Å². The third-order valence-electron chi connectivity index (χ3n) is 3.83. The molecule has 0 radical (unpaired) electrons. The average Bonchev–Trinajstić information content (AvgIpc) is 2.20. The van der Waals surface area contributed by atoms with Gasteiger partial charge in [0.2, 0.25) is 0 Å². The van der Waals surface area contributed by atoms with Crippen molar-refractivity contribution in [3.05, 3.63) is 0 Å². The molecular weight excluding hydrogens is 179 g/mol. The molecule has 0 amide bonds. The first-order chi connectivity index (χ1) is 6.77. The van der Waals surface area contributed by atoms with Gasteiger partial charge >= 0.3 is 0 Å². The van der Waals surface area contributed by atoms with Crippen LogP contribution in [0.15, 0.2) is 0 Å². The Morgan fingerprint density at radius 2 is 1.93 bits per heavy atom. The molecule has 0 aromatic heterocycles. The van der Waals surface area contributed by atoms with E-state index in [4.69, 9.17) is 0 Å². The van der Waals surface area contributed by atoms with Crippen molar-refractivity contribution in [2.24, 2.45) is 11.8 Å². The normalized spacial score (nSPS) is 37.3. The van der Waals surface area contributed by atoms with Crippen LogP contribution in [0.3, 0.4) is 0 Å². The fourth-order valence-electron chi connectivity index (χ4n) is 2.83. The van der Waals surface area contributed by atoms with Crippen molar-refractivity contribution in [1.29, 1.82) is 0 Å². The average molecular weight is 200 g/mol. The van der Waals surface area contributed by atoms with Crippen LogP contribution in [0, 0.1) is 11.8 Å². The Morgan fingerprint density at radius 3 is 2.57 bits per heavy atom. The van der Waals surface area contributed by atoms with E-state index in [-0.39, 0.29) is 0 Å². The van der Waals surface area contributed by atoms with Crippen molar-refractivity contribution in [3.63, 3.8) is 0 Å². The van der Waals surface area contributed by atoms with Gasteiger partial charge in [0, 0.05) is 6.54 Å². The number of piperidine rings is 2. The molecule has 0 aliphatic carbocycles. The Bertz CT molecular complexity index is 178. The second-order valence-electron chi connectivity index (χ2n) is 4.81. The van der Waals surface area contributed by atoms with Crippen LogP contribution in [0.5, 0.6) is 0 Å². The Hall–Kier alpha value is -0.150. The lowest BCUT2D eigenvalue weighted by Gasteiger charge is -2.38. The van der Waals surface area contributed by atoms with Crippen molar-refractivity contribution >= 4 is 0 Å². The van der Waals surface area contributed by atoms with Gasteiger partial charge in [-0.3, -0.25) is 0 Å². The lowest BCUT2D eigenvalue weighted by molar-refractivity contribution is 0.0828. The van der Waals surface area contributed by atoms with Crippen molar-refractivity contribution in [2.45, 2.75) is 25.4 Å². The molecule has 2 nitrogen and oxygen atoms in total. The summed E-state index contributed by atoms with van der Waals surface area (Å²) >= 11 is 0. The number of nitrogens with one attached hydrogen (secondary N) is 1. The van der Waals surface area contributed by atoms with Gasteiger partial charge in [-0.25, -0.2) is 4.39 Å². The van der Waals surface area contributed by atoms with Gasteiger partial charge in [-0.1, -0.05) is 0 Å². The Balaban J connectivity index is 1.87. The first kappa shape index (κ1) is 10.4. The topological polar surface area (TPSA) is 15.3 Å². The minimum absolute atomic E-state index is 0.338. The number of rotatable bonds is 1. The highest BCUT2D eigenvalue weighted by molar-refractivity contribution is 4.85. The van der Waals surface area contributed by atoms with Gasteiger partial charge < -0.3 is 10.2 Å². The Labute approximate surface area is 85.9 Å². The summed E-state index contributed by atoms with van der Waals surface area (Å²) in [5.41, 5.74) is 0. The summed E-state index contributed by atoms with van der Waals surface area (Å²) in [5, 5.41) is 3.13. The first-order valence-electron chi connectivity index (χ1n) is 5.80. The molecule has 0 aromatic rings. The minimum atomic E-state index is -0.600. The van der Waals surface area contributed by atoms with E-state index in [9.17, 15) is 4.39 Å². The van der Waals surface area contributed by atoms with E-state index >= 15 is 0 Å². The zero-order valence-electron chi connectivity index (χ0n) is 9.01. The zero-order chi connectivity index (χ0) is 9.97. The van der Waals surface area contributed by atoms with Gasteiger partial charge in [0.1, 0.15) is 6.17 Å². The zero-order valence-corrected chi connectivity index (χ0v) is 9.01.